The van der Waals surface area contributed by atoms with Crippen LogP contribution in [0.1, 0.15) is 48.8 Å². The lowest BCUT2D eigenvalue weighted by Crippen LogP contribution is -1.97. The maximum absolute atomic E-state index is 10.4. The van der Waals surface area contributed by atoms with Crippen molar-refractivity contribution < 1.29 is 9.90 Å². The lowest BCUT2D eigenvalue weighted by Gasteiger charge is -2.07. The van der Waals surface area contributed by atoms with Crippen molar-refractivity contribution in [2.24, 2.45) is 0 Å². The molecule has 16 heavy (non-hydrogen) atoms. The highest BCUT2D eigenvalue weighted by Gasteiger charge is 2.18. The third-order valence-corrected chi connectivity index (χ3v) is 3.44. The van der Waals surface area contributed by atoms with E-state index in [0.29, 0.717) is 5.92 Å². The van der Waals surface area contributed by atoms with Crippen LogP contribution >= 0.6 is 0 Å². The van der Waals surface area contributed by atoms with Crippen LogP contribution in [0.3, 0.4) is 0 Å². The quantitative estimate of drug-likeness (QED) is 0.843. The van der Waals surface area contributed by atoms with Crippen LogP contribution in [-0.2, 0) is 17.6 Å². The summed E-state index contributed by atoms with van der Waals surface area (Å²) in [5.41, 5.74) is 4.25. The van der Waals surface area contributed by atoms with Crippen LogP contribution in [0.25, 0.3) is 0 Å². The molecule has 1 aliphatic carbocycles. The summed E-state index contributed by atoms with van der Waals surface area (Å²) in [6, 6.07) is 6.64. The van der Waals surface area contributed by atoms with Gasteiger partial charge in [-0.25, -0.2) is 0 Å². The summed E-state index contributed by atoms with van der Waals surface area (Å²) in [4.78, 5) is 10.4. The van der Waals surface area contributed by atoms with Crippen molar-refractivity contribution in [1.82, 2.24) is 0 Å². The van der Waals surface area contributed by atoms with E-state index < -0.39 is 5.97 Å². The van der Waals surface area contributed by atoms with Crippen molar-refractivity contribution in [3.8, 4) is 0 Å². The monoisotopic (exact) mass is 218 g/mol. The fourth-order valence-corrected chi connectivity index (χ4v) is 2.46. The second kappa shape index (κ2) is 4.69. The molecule has 2 rings (SSSR count). The van der Waals surface area contributed by atoms with Gasteiger partial charge in [0.2, 0.25) is 0 Å². The van der Waals surface area contributed by atoms with Gasteiger partial charge in [0.15, 0.2) is 0 Å². The average Bonchev–Trinajstić information content (AvgIpc) is 2.60. The molecule has 0 fully saturated rings. The molecule has 0 bridgehead atoms. The van der Waals surface area contributed by atoms with E-state index in [-0.39, 0.29) is 6.42 Å². The van der Waals surface area contributed by atoms with E-state index in [9.17, 15) is 4.79 Å². The largest absolute Gasteiger partial charge is 0.481 e. The number of aryl methyl sites for hydroxylation is 2. The number of carboxylic acid groups (broad SMARTS) is 1. The Kier molecular flexibility index (Phi) is 3.28. The first-order valence-electron chi connectivity index (χ1n) is 6.00. The van der Waals surface area contributed by atoms with E-state index in [2.05, 4.69) is 25.1 Å². The van der Waals surface area contributed by atoms with Crippen molar-refractivity contribution in [1.29, 1.82) is 0 Å². The van der Waals surface area contributed by atoms with Crippen molar-refractivity contribution in [3.05, 3.63) is 34.9 Å². The van der Waals surface area contributed by atoms with Gasteiger partial charge in [0.1, 0.15) is 0 Å². The zero-order valence-electron chi connectivity index (χ0n) is 9.70. The fourth-order valence-electron chi connectivity index (χ4n) is 2.46. The molecule has 0 heterocycles. The number of carbonyl (C=O) groups is 1. The van der Waals surface area contributed by atoms with E-state index in [4.69, 9.17) is 5.11 Å². The molecule has 0 saturated heterocycles. The molecule has 1 aromatic rings. The number of aliphatic carboxylic acids is 1. The Balaban J connectivity index is 2.01. The molecule has 2 heteroatoms. The van der Waals surface area contributed by atoms with Crippen LogP contribution < -0.4 is 0 Å². The molecular weight excluding hydrogens is 200 g/mol. The fraction of sp³-hybridized carbons (Fsp3) is 0.500. The van der Waals surface area contributed by atoms with Gasteiger partial charge >= 0.3 is 5.97 Å². The number of hydrogen-bond donors (Lipinski definition) is 1. The lowest BCUT2D eigenvalue weighted by atomic mass is 9.98. The van der Waals surface area contributed by atoms with Gasteiger partial charge in [-0.2, -0.15) is 0 Å². The SMILES string of the molecule is CC1CCc2ccc(CCCC(=O)O)cc21. The maximum atomic E-state index is 10.4. The van der Waals surface area contributed by atoms with Gasteiger partial charge in [0.25, 0.3) is 0 Å². The Labute approximate surface area is 96.3 Å². The van der Waals surface area contributed by atoms with Crippen LogP contribution in [0.15, 0.2) is 18.2 Å². The third kappa shape index (κ3) is 2.43. The Bertz CT molecular complexity index is 396. The summed E-state index contributed by atoms with van der Waals surface area (Å²) in [6.07, 6.45) is 4.35. The average molecular weight is 218 g/mol. The van der Waals surface area contributed by atoms with Crippen LogP contribution in [0, 0.1) is 0 Å². The van der Waals surface area contributed by atoms with Gasteiger partial charge in [0.05, 0.1) is 0 Å². The van der Waals surface area contributed by atoms with Crippen LogP contribution in [0.4, 0.5) is 0 Å². The summed E-state index contributed by atoms with van der Waals surface area (Å²) in [5, 5.41) is 8.59. The van der Waals surface area contributed by atoms with E-state index in [1.807, 2.05) is 0 Å². The minimum absolute atomic E-state index is 0.270. The molecule has 1 N–H and O–H groups in total. The highest BCUT2D eigenvalue weighted by Crippen LogP contribution is 2.33. The maximum Gasteiger partial charge on any atom is 0.303 e. The smallest absolute Gasteiger partial charge is 0.303 e. The first-order chi connectivity index (χ1) is 7.66. The first kappa shape index (κ1) is 11.2. The van der Waals surface area contributed by atoms with Crippen molar-refractivity contribution in [2.75, 3.05) is 0 Å². The highest BCUT2D eigenvalue weighted by atomic mass is 16.4. The second-order valence-electron chi connectivity index (χ2n) is 4.72. The Morgan fingerprint density at radius 2 is 2.31 bits per heavy atom. The molecule has 1 unspecified atom stereocenters. The topological polar surface area (TPSA) is 37.3 Å². The van der Waals surface area contributed by atoms with Crippen molar-refractivity contribution in [2.45, 2.75) is 44.9 Å². The van der Waals surface area contributed by atoms with Gasteiger partial charge in [-0.3, -0.25) is 4.79 Å². The Morgan fingerprint density at radius 1 is 1.50 bits per heavy atom. The molecule has 0 aliphatic heterocycles. The summed E-state index contributed by atoms with van der Waals surface area (Å²) >= 11 is 0. The number of hydrogen-bond acceptors (Lipinski definition) is 1. The summed E-state index contributed by atoms with van der Waals surface area (Å²) in [5.74, 6) is -0.0241. The van der Waals surface area contributed by atoms with E-state index >= 15 is 0 Å². The van der Waals surface area contributed by atoms with Gasteiger partial charge in [0, 0.05) is 6.42 Å². The van der Waals surface area contributed by atoms with E-state index in [1.54, 1.807) is 0 Å². The minimum Gasteiger partial charge on any atom is -0.481 e. The van der Waals surface area contributed by atoms with Gasteiger partial charge < -0.3 is 5.11 Å². The summed E-state index contributed by atoms with van der Waals surface area (Å²) < 4.78 is 0. The van der Waals surface area contributed by atoms with Gasteiger partial charge in [-0.1, -0.05) is 25.1 Å². The number of rotatable bonds is 4. The highest BCUT2D eigenvalue weighted by molar-refractivity contribution is 5.66. The van der Waals surface area contributed by atoms with Gasteiger partial charge in [-0.15, -0.1) is 0 Å². The van der Waals surface area contributed by atoms with Gasteiger partial charge in [-0.05, 0) is 48.3 Å². The molecule has 0 spiro atoms. The Morgan fingerprint density at radius 3 is 3.06 bits per heavy atom. The van der Waals surface area contributed by atoms with Crippen LogP contribution in [0.2, 0.25) is 0 Å². The van der Waals surface area contributed by atoms with E-state index in [1.165, 1.54) is 29.5 Å². The molecular formula is C14H18O2. The molecule has 2 nitrogen and oxygen atoms in total. The predicted molar refractivity (Wildman–Crippen MR) is 63.8 cm³/mol. The summed E-state index contributed by atoms with van der Waals surface area (Å²) in [6.45, 7) is 2.27. The third-order valence-electron chi connectivity index (χ3n) is 3.44. The second-order valence-corrected chi connectivity index (χ2v) is 4.72. The normalized spacial score (nSPS) is 18.4. The molecule has 0 radical (unpaired) electrons. The Hall–Kier alpha value is -1.31. The van der Waals surface area contributed by atoms with Crippen LogP contribution in [0.5, 0.6) is 0 Å². The predicted octanol–water partition coefficient (Wildman–Crippen LogP) is 3.14. The lowest BCUT2D eigenvalue weighted by molar-refractivity contribution is -0.137. The molecule has 1 atom stereocenters. The van der Waals surface area contributed by atoms with Crippen molar-refractivity contribution in [3.63, 3.8) is 0 Å². The standard InChI is InChI=1S/C14H18O2/c1-10-5-7-12-8-6-11(9-13(10)12)3-2-4-14(15)16/h6,8-10H,2-5,7H2,1H3,(H,15,16). The molecule has 0 amide bonds. The molecule has 1 aromatic carbocycles. The number of fused-ring (bicyclic) bond motifs is 1. The molecule has 0 aromatic heterocycles. The molecule has 0 saturated carbocycles. The number of benzene rings is 1. The number of carboxylic acids is 1. The van der Waals surface area contributed by atoms with E-state index in [0.717, 1.165) is 12.8 Å². The van der Waals surface area contributed by atoms with Crippen LogP contribution in [-0.4, -0.2) is 11.1 Å². The minimum atomic E-state index is -0.700. The zero-order valence-corrected chi connectivity index (χ0v) is 9.70. The zero-order chi connectivity index (χ0) is 11.5. The molecule has 86 valence electrons. The first-order valence-corrected chi connectivity index (χ1v) is 6.00. The molecule has 1 aliphatic rings. The summed E-state index contributed by atoms with van der Waals surface area (Å²) in [7, 11) is 0. The van der Waals surface area contributed by atoms with Crippen molar-refractivity contribution >= 4 is 5.97 Å².